The second-order valence-electron chi connectivity index (χ2n) is 8.17. The fourth-order valence-electron chi connectivity index (χ4n) is 4.00. The first-order valence-electron chi connectivity index (χ1n) is 10.6. The highest BCUT2D eigenvalue weighted by molar-refractivity contribution is 6.34. The Bertz CT molecular complexity index is 1200. The smallest absolute Gasteiger partial charge is 0.374 e. The fraction of sp³-hybridized carbons (Fsp3) is 0.348. The number of carbonyl (C=O) groups excluding carboxylic acids is 2. The minimum Gasteiger partial charge on any atom is -0.374 e. The molecule has 12 heteroatoms. The largest absolute Gasteiger partial charge is 0.435 e. The maximum absolute atomic E-state index is 14.2. The summed E-state index contributed by atoms with van der Waals surface area (Å²) in [4.78, 5) is 35.1. The summed E-state index contributed by atoms with van der Waals surface area (Å²) in [7, 11) is 0. The average Bonchev–Trinajstić information content (AvgIpc) is 3.38. The lowest BCUT2D eigenvalue weighted by Crippen LogP contribution is -2.43. The Hall–Kier alpha value is -2.82. The molecule has 4 rings (SSSR count). The van der Waals surface area contributed by atoms with Crippen molar-refractivity contribution in [2.45, 2.75) is 38.1 Å². The molecule has 2 aliphatic rings. The average molecular weight is 530 g/mol. The van der Waals surface area contributed by atoms with Gasteiger partial charge in [-0.15, -0.1) is 0 Å². The van der Waals surface area contributed by atoms with Crippen LogP contribution in [0.4, 0.5) is 13.2 Å². The van der Waals surface area contributed by atoms with Crippen LogP contribution in [0.15, 0.2) is 41.6 Å². The minimum absolute atomic E-state index is 0.0245. The fourth-order valence-corrected chi connectivity index (χ4v) is 4.53. The number of amides is 2. The van der Waals surface area contributed by atoms with E-state index in [9.17, 15) is 22.8 Å². The number of hydrogen-bond acceptors (Lipinski definition) is 5. The summed E-state index contributed by atoms with van der Waals surface area (Å²) in [5.41, 5.74) is -1.87. The van der Waals surface area contributed by atoms with Crippen LogP contribution in [0.3, 0.4) is 0 Å². The number of benzene rings is 2. The van der Waals surface area contributed by atoms with Crippen molar-refractivity contribution in [3.8, 4) is 0 Å². The van der Waals surface area contributed by atoms with E-state index < -0.39 is 30.1 Å². The molecule has 0 bridgehead atoms. The molecule has 1 N–H and O–H groups in total. The van der Waals surface area contributed by atoms with Crippen LogP contribution in [-0.2, 0) is 20.1 Å². The molecule has 7 nitrogen and oxygen atoms in total. The molecular weight excluding hydrogens is 510 g/mol. The predicted octanol–water partition coefficient (Wildman–Crippen LogP) is 4.78. The summed E-state index contributed by atoms with van der Waals surface area (Å²) in [6, 6.07) is 7.28. The number of nitrogens with one attached hydrogen (secondary N) is 1. The molecule has 0 radical (unpaired) electrons. The summed E-state index contributed by atoms with van der Waals surface area (Å²) in [5, 5.41) is 7.59. The van der Waals surface area contributed by atoms with Gasteiger partial charge >= 0.3 is 6.18 Å². The topological polar surface area (TPSA) is 80.2 Å². The number of likely N-dealkylation sites (N-methyl/N-ethyl adjacent to an activating group) is 1. The molecule has 2 heterocycles. The Kier molecular flexibility index (Phi) is 6.74. The SMILES string of the molecule is CCN1OC[C@@H](NC(=O)c2ccc(C3=NO[C@](c4cc(Cl)cc(Cl)c4)(C(F)(F)F)C3)cc2C)C1=O. The quantitative estimate of drug-likeness (QED) is 0.604. The third-order valence-corrected chi connectivity index (χ3v) is 6.29. The van der Waals surface area contributed by atoms with E-state index >= 15 is 0 Å². The van der Waals surface area contributed by atoms with Crippen LogP contribution in [0.5, 0.6) is 0 Å². The first-order chi connectivity index (χ1) is 16.4. The Morgan fingerprint density at radius 2 is 1.91 bits per heavy atom. The zero-order valence-electron chi connectivity index (χ0n) is 18.6. The number of carbonyl (C=O) groups is 2. The third kappa shape index (κ3) is 4.70. The number of oxime groups is 1. The molecule has 2 atom stereocenters. The molecule has 0 aliphatic carbocycles. The molecule has 186 valence electrons. The highest BCUT2D eigenvalue weighted by atomic mass is 35.5. The van der Waals surface area contributed by atoms with Gasteiger partial charge in [0.05, 0.1) is 5.71 Å². The summed E-state index contributed by atoms with van der Waals surface area (Å²) >= 11 is 11.9. The van der Waals surface area contributed by atoms with E-state index in [-0.39, 0.29) is 39.4 Å². The van der Waals surface area contributed by atoms with E-state index in [4.69, 9.17) is 32.9 Å². The number of alkyl halides is 3. The van der Waals surface area contributed by atoms with Crippen molar-refractivity contribution in [1.29, 1.82) is 0 Å². The molecule has 1 fully saturated rings. The van der Waals surface area contributed by atoms with Crippen molar-refractivity contribution < 1.29 is 32.4 Å². The number of halogens is 5. The summed E-state index contributed by atoms with van der Waals surface area (Å²) in [6.45, 7) is 3.75. The molecule has 35 heavy (non-hydrogen) atoms. The van der Waals surface area contributed by atoms with Crippen LogP contribution in [0.2, 0.25) is 10.0 Å². The van der Waals surface area contributed by atoms with Gasteiger partial charge in [-0.1, -0.05) is 34.4 Å². The van der Waals surface area contributed by atoms with Crippen molar-refractivity contribution in [1.82, 2.24) is 10.4 Å². The summed E-state index contributed by atoms with van der Waals surface area (Å²) < 4.78 is 42.6. The van der Waals surface area contributed by atoms with Crippen LogP contribution in [0.25, 0.3) is 0 Å². The highest BCUT2D eigenvalue weighted by Crippen LogP contribution is 2.49. The lowest BCUT2D eigenvalue weighted by molar-refractivity contribution is -0.275. The second kappa shape index (κ2) is 9.33. The molecule has 0 saturated carbocycles. The van der Waals surface area contributed by atoms with E-state index in [1.54, 1.807) is 19.9 Å². The Balaban J connectivity index is 1.56. The van der Waals surface area contributed by atoms with Crippen molar-refractivity contribution in [2.24, 2.45) is 5.16 Å². The van der Waals surface area contributed by atoms with Gasteiger partial charge in [0.15, 0.2) is 0 Å². The van der Waals surface area contributed by atoms with Gasteiger partial charge in [0.1, 0.15) is 12.6 Å². The number of rotatable bonds is 5. The van der Waals surface area contributed by atoms with Crippen molar-refractivity contribution in [2.75, 3.05) is 13.2 Å². The minimum atomic E-state index is -4.82. The first-order valence-corrected chi connectivity index (χ1v) is 11.4. The van der Waals surface area contributed by atoms with Gasteiger partial charge in [0, 0.05) is 34.1 Å². The normalized spacial score (nSPS) is 22.3. The lowest BCUT2D eigenvalue weighted by atomic mass is 9.86. The zero-order chi connectivity index (χ0) is 25.5. The molecule has 2 aromatic carbocycles. The molecule has 1 saturated heterocycles. The monoisotopic (exact) mass is 529 g/mol. The molecule has 2 amide bonds. The van der Waals surface area contributed by atoms with Crippen LogP contribution in [0, 0.1) is 6.92 Å². The lowest BCUT2D eigenvalue weighted by Gasteiger charge is -2.29. The number of hydroxylamine groups is 2. The third-order valence-electron chi connectivity index (χ3n) is 5.85. The van der Waals surface area contributed by atoms with Crippen molar-refractivity contribution in [3.05, 3.63) is 68.7 Å². The van der Waals surface area contributed by atoms with E-state index in [1.807, 2.05) is 0 Å². The van der Waals surface area contributed by atoms with Crippen molar-refractivity contribution in [3.63, 3.8) is 0 Å². The molecular formula is C23H20Cl2F3N3O4. The van der Waals surface area contributed by atoms with E-state index in [2.05, 4.69) is 10.5 Å². The van der Waals surface area contributed by atoms with Crippen LogP contribution < -0.4 is 5.32 Å². The molecule has 0 spiro atoms. The van der Waals surface area contributed by atoms with Gasteiger partial charge in [-0.25, -0.2) is 5.06 Å². The van der Waals surface area contributed by atoms with Gasteiger partial charge in [0.2, 0.25) is 0 Å². The van der Waals surface area contributed by atoms with Gasteiger partial charge in [-0.05, 0) is 55.3 Å². The van der Waals surface area contributed by atoms with Crippen molar-refractivity contribution >= 4 is 40.7 Å². The maximum Gasteiger partial charge on any atom is 0.435 e. The van der Waals surface area contributed by atoms with Gasteiger partial charge in [-0.2, -0.15) is 13.2 Å². The van der Waals surface area contributed by atoms with E-state index in [0.29, 0.717) is 17.7 Å². The predicted molar refractivity (Wildman–Crippen MR) is 122 cm³/mol. The summed E-state index contributed by atoms with van der Waals surface area (Å²) in [6.07, 6.45) is -5.43. The Morgan fingerprint density at radius 1 is 1.23 bits per heavy atom. The molecule has 0 unspecified atom stereocenters. The van der Waals surface area contributed by atoms with Gasteiger partial charge < -0.3 is 10.2 Å². The zero-order valence-corrected chi connectivity index (χ0v) is 20.1. The highest BCUT2D eigenvalue weighted by Gasteiger charge is 2.62. The second-order valence-corrected chi connectivity index (χ2v) is 9.05. The number of nitrogens with zero attached hydrogens (tertiary/aromatic N) is 2. The van der Waals surface area contributed by atoms with Gasteiger partial charge in [-0.3, -0.25) is 14.4 Å². The number of hydrogen-bond donors (Lipinski definition) is 1. The maximum atomic E-state index is 14.2. The van der Waals surface area contributed by atoms with Crippen LogP contribution in [0.1, 0.15) is 40.4 Å². The Morgan fingerprint density at radius 3 is 2.49 bits per heavy atom. The standard InChI is InChI=1S/C23H20Cl2F3N3O4/c1-3-31-21(33)19(11-34-31)29-20(32)17-5-4-13(6-12(17)2)18-10-22(35-30-18,23(26,27)28)14-7-15(24)9-16(25)8-14/h4-9,19H,3,10-11H2,1-2H3,(H,29,32)/t19-,22-/m1/s1. The molecule has 2 aromatic rings. The van der Waals surface area contributed by atoms with Crippen LogP contribution >= 0.6 is 23.2 Å². The molecule has 2 aliphatic heterocycles. The van der Waals surface area contributed by atoms with Gasteiger partial charge in [0.25, 0.3) is 17.4 Å². The first kappa shape index (κ1) is 25.3. The van der Waals surface area contributed by atoms with E-state index in [1.165, 1.54) is 23.3 Å². The molecule has 0 aromatic heterocycles. The van der Waals surface area contributed by atoms with Crippen LogP contribution in [-0.4, -0.2) is 48.0 Å². The summed E-state index contributed by atoms with van der Waals surface area (Å²) in [5.74, 6) is -0.853. The number of aryl methyl sites for hydroxylation is 1. The Labute approximate surface area is 208 Å². The van der Waals surface area contributed by atoms with E-state index in [0.717, 1.165) is 12.1 Å².